The number of hydrogen-bond acceptors (Lipinski definition) is 6. The second-order valence-electron chi connectivity index (χ2n) is 8.44. The average Bonchev–Trinajstić information content (AvgIpc) is 2.81. The van der Waals surface area contributed by atoms with Gasteiger partial charge in [0, 0.05) is 13.0 Å². The zero-order chi connectivity index (χ0) is 24.8. The molecule has 1 aromatic carbocycles. The fourth-order valence-electron chi connectivity index (χ4n) is 3.56. The van der Waals surface area contributed by atoms with Crippen molar-refractivity contribution in [3.63, 3.8) is 0 Å². The van der Waals surface area contributed by atoms with Crippen LogP contribution < -0.4 is 26.4 Å². The van der Waals surface area contributed by atoms with E-state index >= 15 is 0 Å². The molecule has 1 aromatic rings. The SMILES string of the molecule is CC[C@H]1COCCCCOc2ccc(cc2)C[C@@H](NC(=O)N[C@@H](CCCCN)C(=O)O)C(=O)N1. The van der Waals surface area contributed by atoms with E-state index in [4.69, 9.17) is 15.2 Å². The molecule has 0 spiro atoms. The molecule has 3 rings (SSSR count). The highest BCUT2D eigenvalue weighted by Crippen LogP contribution is 2.15. The highest BCUT2D eigenvalue weighted by molar-refractivity contribution is 5.89. The first kappa shape index (κ1) is 27.4. The number of fused-ring (bicyclic) bond motifs is 13. The summed E-state index contributed by atoms with van der Waals surface area (Å²) in [6.07, 6.45) is 4.13. The maximum absolute atomic E-state index is 13.1. The molecule has 0 saturated carbocycles. The zero-order valence-electron chi connectivity index (χ0n) is 19.9. The third-order valence-corrected chi connectivity index (χ3v) is 5.65. The molecule has 190 valence electrons. The first-order valence-corrected chi connectivity index (χ1v) is 12.0. The second kappa shape index (κ2) is 15.1. The van der Waals surface area contributed by atoms with Crippen LogP contribution >= 0.6 is 0 Å². The van der Waals surface area contributed by atoms with Crippen molar-refractivity contribution in [1.82, 2.24) is 16.0 Å². The molecular formula is C24H38N4O6. The molecule has 2 aliphatic rings. The van der Waals surface area contributed by atoms with Crippen molar-refractivity contribution in [3.05, 3.63) is 29.8 Å². The first-order chi connectivity index (χ1) is 16.4. The Labute approximate surface area is 200 Å². The first-order valence-electron chi connectivity index (χ1n) is 12.0. The van der Waals surface area contributed by atoms with E-state index in [1.54, 1.807) is 0 Å². The summed E-state index contributed by atoms with van der Waals surface area (Å²) in [5, 5.41) is 17.5. The lowest BCUT2D eigenvalue weighted by molar-refractivity contribution is -0.139. The van der Waals surface area contributed by atoms with Crippen molar-refractivity contribution in [3.8, 4) is 5.75 Å². The lowest BCUT2D eigenvalue weighted by atomic mass is 10.0. The number of nitrogens with one attached hydrogen (secondary N) is 3. The van der Waals surface area contributed by atoms with Crippen LogP contribution in [-0.4, -0.2) is 67.5 Å². The van der Waals surface area contributed by atoms with Gasteiger partial charge in [0.15, 0.2) is 0 Å². The molecule has 6 N–H and O–H groups in total. The number of carboxylic acid groups (broad SMARTS) is 1. The number of amides is 3. The van der Waals surface area contributed by atoms with Crippen LogP contribution in [0.2, 0.25) is 0 Å². The molecule has 2 heterocycles. The van der Waals surface area contributed by atoms with Crippen LogP contribution in [0.4, 0.5) is 4.79 Å². The topological polar surface area (TPSA) is 152 Å². The number of unbranched alkanes of at least 4 members (excludes halogenated alkanes) is 1. The predicted molar refractivity (Wildman–Crippen MR) is 128 cm³/mol. The van der Waals surface area contributed by atoms with Gasteiger partial charge in [0.25, 0.3) is 0 Å². The average molecular weight is 479 g/mol. The zero-order valence-corrected chi connectivity index (χ0v) is 19.9. The van der Waals surface area contributed by atoms with E-state index in [1.807, 2.05) is 31.2 Å². The van der Waals surface area contributed by atoms with Crippen molar-refractivity contribution in [1.29, 1.82) is 0 Å². The molecule has 2 aliphatic heterocycles. The van der Waals surface area contributed by atoms with Crippen LogP contribution in [0.25, 0.3) is 0 Å². The van der Waals surface area contributed by atoms with Crippen LogP contribution in [0.5, 0.6) is 5.75 Å². The third kappa shape index (κ3) is 9.96. The number of benzene rings is 1. The number of rotatable bonds is 8. The van der Waals surface area contributed by atoms with Crippen LogP contribution in [-0.2, 0) is 20.7 Å². The van der Waals surface area contributed by atoms with Crippen molar-refractivity contribution >= 4 is 17.9 Å². The lowest BCUT2D eigenvalue weighted by Crippen LogP contribution is -2.55. The number of urea groups is 1. The summed E-state index contributed by atoms with van der Waals surface area (Å²) < 4.78 is 11.4. The van der Waals surface area contributed by atoms with Gasteiger partial charge in [-0.25, -0.2) is 9.59 Å². The number of nitrogens with two attached hydrogens (primary N) is 1. The van der Waals surface area contributed by atoms with Crippen LogP contribution in [0.15, 0.2) is 24.3 Å². The molecule has 2 bridgehead atoms. The summed E-state index contributed by atoms with van der Waals surface area (Å²) in [7, 11) is 0. The summed E-state index contributed by atoms with van der Waals surface area (Å²) in [4.78, 5) is 37.3. The van der Waals surface area contributed by atoms with Gasteiger partial charge in [0.1, 0.15) is 17.8 Å². The van der Waals surface area contributed by atoms with E-state index in [2.05, 4.69) is 16.0 Å². The Kier molecular flexibility index (Phi) is 12.2. The van der Waals surface area contributed by atoms with E-state index in [1.165, 1.54) is 0 Å². The van der Waals surface area contributed by atoms with Gasteiger partial charge in [-0.15, -0.1) is 0 Å². The number of carboxylic acids is 1. The second-order valence-corrected chi connectivity index (χ2v) is 8.44. The Hall–Kier alpha value is -2.85. The predicted octanol–water partition coefficient (Wildman–Crippen LogP) is 1.56. The van der Waals surface area contributed by atoms with Gasteiger partial charge in [0.2, 0.25) is 5.91 Å². The Morgan fingerprint density at radius 3 is 2.62 bits per heavy atom. The van der Waals surface area contributed by atoms with Gasteiger partial charge in [-0.1, -0.05) is 19.1 Å². The number of aliphatic carboxylic acids is 1. The number of ether oxygens (including phenoxy) is 2. The van der Waals surface area contributed by atoms with Crippen molar-refractivity contribution < 1.29 is 29.0 Å². The smallest absolute Gasteiger partial charge is 0.326 e. The van der Waals surface area contributed by atoms with Gasteiger partial charge in [-0.05, 0) is 62.8 Å². The number of carbonyl (C=O) groups excluding carboxylic acids is 2. The molecule has 0 unspecified atom stereocenters. The van der Waals surface area contributed by atoms with Crippen molar-refractivity contribution in [2.45, 2.75) is 70.0 Å². The maximum atomic E-state index is 13.1. The van der Waals surface area contributed by atoms with Crippen molar-refractivity contribution in [2.75, 3.05) is 26.4 Å². The van der Waals surface area contributed by atoms with E-state index in [9.17, 15) is 19.5 Å². The van der Waals surface area contributed by atoms with E-state index in [-0.39, 0.29) is 24.8 Å². The van der Waals surface area contributed by atoms with Crippen molar-refractivity contribution in [2.24, 2.45) is 5.73 Å². The fourth-order valence-corrected chi connectivity index (χ4v) is 3.56. The van der Waals surface area contributed by atoms with E-state index in [0.717, 1.165) is 24.2 Å². The number of carbonyl (C=O) groups is 3. The highest BCUT2D eigenvalue weighted by atomic mass is 16.5. The summed E-state index contributed by atoms with van der Waals surface area (Å²) in [5.41, 5.74) is 6.30. The highest BCUT2D eigenvalue weighted by Gasteiger charge is 2.26. The molecule has 0 aromatic heterocycles. The standard InChI is InChI=1S/C24H38N4O6/c1-2-18-16-33-13-5-6-14-34-19-10-8-17(9-11-19)15-21(22(29)26-18)28-24(32)27-20(23(30)31)7-3-4-12-25/h8-11,18,20-21H,2-7,12-16,25H2,1H3,(H,26,29)(H,30,31)(H2,27,28,32)/t18-,20-,21+/m0/s1. The van der Waals surface area contributed by atoms with Crippen LogP contribution in [0.1, 0.15) is 51.0 Å². The normalized spacial score (nSPS) is 20.6. The lowest BCUT2D eigenvalue weighted by Gasteiger charge is -2.24. The van der Waals surface area contributed by atoms with Gasteiger partial charge >= 0.3 is 12.0 Å². The number of hydrogen-bond donors (Lipinski definition) is 5. The summed E-state index contributed by atoms with van der Waals surface area (Å²) in [5.74, 6) is -0.752. The molecule has 3 amide bonds. The quantitative estimate of drug-likeness (QED) is 0.356. The molecule has 3 atom stereocenters. The van der Waals surface area contributed by atoms with Crippen LogP contribution in [0.3, 0.4) is 0 Å². The Morgan fingerprint density at radius 2 is 1.94 bits per heavy atom. The van der Waals surface area contributed by atoms with Gasteiger partial charge < -0.3 is 36.3 Å². The van der Waals surface area contributed by atoms with E-state index in [0.29, 0.717) is 45.6 Å². The van der Waals surface area contributed by atoms with Gasteiger partial charge in [-0.2, -0.15) is 0 Å². The molecular weight excluding hydrogens is 440 g/mol. The molecule has 10 nitrogen and oxygen atoms in total. The largest absolute Gasteiger partial charge is 0.494 e. The molecule has 0 aliphatic carbocycles. The minimum Gasteiger partial charge on any atom is -0.494 e. The third-order valence-electron chi connectivity index (χ3n) is 5.65. The summed E-state index contributed by atoms with van der Waals surface area (Å²) >= 11 is 0. The molecule has 34 heavy (non-hydrogen) atoms. The minimum absolute atomic E-state index is 0.200. The molecule has 0 saturated heterocycles. The molecule has 0 radical (unpaired) electrons. The molecule has 10 heteroatoms. The Bertz CT molecular complexity index is 773. The minimum atomic E-state index is -1.13. The van der Waals surface area contributed by atoms with Crippen LogP contribution in [0, 0.1) is 0 Å². The molecule has 0 fully saturated rings. The van der Waals surface area contributed by atoms with Gasteiger partial charge in [0.05, 0.1) is 19.3 Å². The summed E-state index contributed by atoms with van der Waals surface area (Å²) in [6.45, 7) is 3.94. The Morgan fingerprint density at radius 1 is 1.21 bits per heavy atom. The summed E-state index contributed by atoms with van der Waals surface area (Å²) in [6, 6.07) is 4.51. The van der Waals surface area contributed by atoms with E-state index < -0.39 is 24.1 Å². The van der Waals surface area contributed by atoms with Gasteiger partial charge in [-0.3, -0.25) is 4.79 Å². The fraction of sp³-hybridized carbons (Fsp3) is 0.625. The Balaban J connectivity index is 2.13. The monoisotopic (exact) mass is 478 g/mol. The maximum Gasteiger partial charge on any atom is 0.326 e.